The third-order valence-corrected chi connectivity index (χ3v) is 4.11. The van der Waals surface area contributed by atoms with Crippen molar-refractivity contribution in [2.45, 2.75) is 52.4 Å². The van der Waals surface area contributed by atoms with Crippen molar-refractivity contribution in [2.24, 2.45) is 0 Å². The fraction of sp³-hybridized carbons (Fsp3) is 0.381. The molecule has 0 bridgehead atoms. The second-order valence-electron chi connectivity index (χ2n) is 6.14. The molecule has 134 valence electrons. The van der Waals surface area contributed by atoms with Crippen LogP contribution in [-0.2, 0) is 12.8 Å². The molecule has 25 heavy (non-hydrogen) atoms. The van der Waals surface area contributed by atoms with Gasteiger partial charge in [0.1, 0.15) is 0 Å². The van der Waals surface area contributed by atoms with E-state index in [2.05, 4.69) is 6.92 Å². The summed E-state index contributed by atoms with van der Waals surface area (Å²) >= 11 is 0. The van der Waals surface area contributed by atoms with Gasteiger partial charge in [-0.15, -0.1) is 0 Å². The van der Waals surface area contributed by atoms with Crippen molar-refractivity contribution in [3.8, 4) is 5.75 Å². The van der Waals surface area contributed by atoms with Gasteiger partial charge >= 0.3 is 5.97 Å². The highest BCUT2D eigenvalue weighted by atomic mass is 19.2. The van der Waals surface area contributed by atoms with Crippen molar-refractivity contribution in [2.75, 3.05) is 0 Å². The first kappa shape index (κ1) is 19.1. The maximum absolute atomic E-state index is 14.2. The summed E-state index contributed by atoms with van der Waals surface area (Å²) in [4.78, 5) is 12.1. The molecule has 2 nitrogen and oxygen atoms in total. The fourth-order valence-electron chi connectivity index (χ4n) is 2.66. The van der Waals surface area contributed by atoms with Crippen LogP contribution in [0.15, 0.2) is 36.4 Å². The lowest BCUT2D eigenvalue weighted by Gasteiger charge is -2.09. The molecular weight excluding hydrogens is 322 g/mol. The van der Waals surface area contributed by atoms with Gasteiger partial charge in [0.05, 0.1) is 5.56 Å². The summed E-state index contributed by atoms with van der Waals surface area (Å²) in [6, 6.07) is 9.77. The highest BCUT2D eigenvalue weighted by Crippen LogP contribution is 2.25. The molecule has 0 aliphatic heterocycles. The number of ether oxygens (including phenoxy) is 1. The first-order chi connectivity index (χ1) is 12.1. The van der Waals surface area contributed by atoms with Gasteiger partial charge in [0.2, 0.25) is 5.82 Å². The van der Waals surface area contributed by atoms with Crippen LogP contribution in [0.25, 0.3) is 0 Å². The summed E-state index contributed by atoms with van der Waals surface area (Å²) in [6.45, 7) is 4.12. The van der Waals surface area contributed by atoms with Crippen LogP contribution in [0.3, 0.4) is 0 Å². The van der Waals surface area contributed by atoms with Crippen LogP contribution in [0.4, 0.5) is 8.78 Å². The zero-order valence-electron chi connectivity index (χ0n) is 14.8. The van der Waals surface area contributed by atoms with E-state index >= 15 is 0 Å². The standard InChI is InChI=1S/C21H24F2O2/c1-3-5-6-8-16-13-14-18(20(23)19(16)22)25-21(24)17-11-9-15(7-4-2)10-12-17/h9-14H,3-8H2,1-2H3. The summed E-state index contributed by atoms with van der Waals surface area (Å²) in [5.41, 5.74) is 1.74. The van der Waals surface area contributed by atoms with Crippen molar-refractivity contribution in [3.63, 3.8) is 0 Å². The maximum Gasteiger partial charge on any atom is 0.343 e. The summed E-state index contributed by atoms with van der Waals surface area (Å²) in [5, 5.41) is 0. The fourth-order valence-corrected chi connectivity index (χ4v) is 2.66. The number of esters is 1. The highest BCUT2D eigenvalue weighted by molar-refractivity contribution is 5.91. The van der Waals surface area contributed by atoms with Gasteiger partial charge in [0.15, 0.2) is 11.6 Å². The van der Waals surface area contributed by atoms with Crippen LogP contribution < -0.4 is 4.74 Å². The molecule has 0 atom stereocenters. The van der Waals surface area contributed by atoms with E-state index in [0.29, 0.717) is 17.5 Å². The number of carbonyl (C=O) groups is 1. The second kappa shape index (κ2) is 9.30. The number of halogens is 2. The van der Waals surface area contributed by atoms with Crippen LogP contribution >= 0.6 is 0 Å². The molecule has 0 aliphatic rings. The molecule has 4 heteroatoms. The predicted octanol–water partition coefficient (Wildman–Crippen LogP) is 5.87. The van der Waals surface area contributed by atoms with Crippen LogP contribution in [0.2, 0.25) is 0 Å². The minimum Gasteiger partial charge on any atom is -0.420 e. The van der Waals surface area contributed by atoms with Gasteiger partial charge in [-0.1, -0.05) is 51.3 Å². The topological polar surface area (TPSA) is 26.3 Å². The van der Waals surface area contributed by atoms with Gasteiger partial charge in [-0.2, -0.15) is 4.39 Å². The Morgan fingerprint density at radius 2 is 1.60 bits per heavy atom. The van der Waals surface area contributed by atoms with Gasteiger partial charge in [0.25, 0.3) is 0 Å². The van der Waals surface area contributed by atoms with E-state index in [-0.39, 0.29) is 5.75 Å². The van der Waals surface area contributed by atoms with E-state index in [1.807, 2.05) is 19.1 Å². The molecule has 0 radical (unpaired) electrons. The quantitative estimate of drug-likeness (QED) is 0.339. The van der Waals surface area contributed by atoms with Gasteiger partial charge in [-0.05, 0) is 48.6 Å². The molecule has 0 saturated heterocycles. The van der Waals surface area contributed by atoms with Crippen LogP contribution in [0, 0.1) is 11.6 Å². The lowest BCUT2D eigenvalue weighted by molar-refractivity contribution is 0.0726. The van der Waals surface area contributed by atoms with Crippen molar-refractivity contribution in [3.05, 3.63) is 64.7 Å². The summed E-state index contributed by atoms with van der Waals surface area (Å²) in [6.07, 6.45) is 5.19. The van der Waals surface area contributed by atoms with Crippen LogP contribution in [-0.4, -0.2) is 5.97 Å². The number of aryl methyl sites for hydroxylation is 2. The molecule has 0 aliphatic carbocycles. The average Bonchev–Trinajstić information content (AvgIpc) is 2.62. The zero-order chi connectivity index (χ0) is 18.2. The second-order valence-corrected chi connectivity index (χ2v) is 6.14. The number of rotatable bonds is 8. The Hall–Kier alpha value is -2.23. The van der Waals surface area contributed by atoms with E-state index in [4.69, 9.17) is 4.74 Å². The lowest BCUT2D eigenvalue weighted by Crippen LogP contribution is -2.10. The smallest absolute Gasteiger partial charge is 0.343 e. The molecule has 0 heterocycles. The first-order valence-electron chi connectivity index (χ1n) is 8.84. The van der Waals surface area contributed by atoms with Crippen LogP contribution in [0.5, 0.6) is 5.75 Å². The number of carbonyl (C=O) groups excluding carboxylic acids is 1. The van der Waals surface area contributed by atoms with Crippen molar-refractivity contribution < 1.29 is 18.3 Å². The Balaban J connectivity index is 2.08. The van der Waals surface area contributed by atoms with Gasteiger partial charge < -0.3 is 4.74 Å². The molecule has 0 amide bonds. The monoisotopic (exact) mass is 346 g/mol. The van der Waals surface area contributed by atoms with Gasteiger partial charge in [-0.3, -0.25) is 0 Å². The molecule has 0 aromatic heterocycles. The maximum atomic E-state index is 14.2. The Bertz CT molecular complexity index is 709. The molecule has 0 fully saturated rings. The third-order valence-electron chi connectivity index (χ3n) is 4.11. The van der Waals surface area contributed by atoms with Gasteiger partial charge in [0, 0.05) is 0 Å². The molecule has 2 aromatic rings. The number of hydrogen-bond acceptors (Lipinski definition) is 2. The summed E-state index contributed by atoms with van der Waals surface area (Å²) < 4.78 is 33.3. The largest absolute Gasteiger partial charge is 0.420 e. The highest BCUT2D eigenvalue weighted by Gasteiger charge is 2.17. The molecule has 0 unspecified atom stereocenters. The molecule has 0 N–H and O–H groups in total. The predicted molar refractivity (Wildman–Crippen MR) is 95.0 cm³/mol. The normalized spacial score (nSPS) is 10.7. The van der Waals surface area contributed by atoms with Crippen molar-refractivity contribution in [1.82, 2.24) is 0 Å². The number of unbranched alkanes of at least 4 members (excludes halogenated alkanes) is 2. The Kier molecular flexibility index (Phi) is 7.11. The molecule has 2 aromatic carbocycles. The van der Waals surface area contributed by atoms with Crippen molar-refractivity contribution in [1.29, 1.82) is 0 Å². The number of hydrogen-bond donors (Lipinski definition) is 0. The van der Waals surface area contributed by atoms with E-state index in [1.54, 1.807) is 12.1 Å². The third kappa shape index (κ3) is 5.12. The van der Waals surface area contributed by atoms with Crippen molar-refractivity contribution >= 4 is 5.97 Å². The zero-order valence-corrected chi connectivity index (χ0v) is 14.8. The Labute approximate surface area is 147 Å². The number of benzene rings is 2. The lowest BCUT2D eigenvalue weighted by atomic mass is 10.1. The first-order valence-corrected chi connectivity index (χ1v) is 8.84. The minimum atomic E-state index is -1.11. The molecule has 2 rings (SSSR count). The van der Waals surface area contributed by atoms with E-state index in [1.165, 1.54) is 12.1 Å². The van der Waals surface area contributed by atoms with E-state index in [0.717, 1.165) is 37.7 Å². The molecule has 0 saturated carbocycles. The molecular formula is C21H24F2O2. The van der Waals surface area contributed by atoms with E-state index < -0.39 is 17.6 Å². The Morgan fingerprint density at radius 3 is 2.24 bits per heavy atom. The Morgan fingerprint density at radius 1 is 0.880 bits per heavy atom. The van der Waals surface area contributed by atoms with Crippen LogP contribution in [0.1, 0.15) is 61.0 Å². The van der Waals surface area contributed by atoms with E-state index in [9.17, 15) is 13.6 Å². The molecule has 0 spiro atoms. The summed E-state index contributed by atoms with van der Waals surface area (Å²) in [5.74, 6) is -3.11. The minimum absolute atomic E-state index is 0.312. The SMILES string of the molecule is CCCCCc1ccc(OC(=O)c2ccc(CCC)cc2)c(F)c1F. The van der Waals surface area contributed by atoms with Gasteiger partial charge in [-0.25, -0.2) is 9.18 Å². The average molecular weight is 346 g/mol. The summed E-state index contributed by atoms with van der Waals surface area (Å²) in [7, 11) is 0.